The third-order valence-electron chi connectivity index (χ3n) is 3.17. The predicted octanol–water partition coefficient (Wildman–Crippen LogP) is 0.592. The number of aromatic carboxylic acids is 1. The number of anilines is 2. The number of nitrogen functional groups attached to an aromatic ring is 1. The van der Waals surface area contributed by atoms with Gasteiger partial charge in [0.1, 0.15) is 0 Å². The lowest BCUT2D eigenvalue weighted by Crippen LogP contribution is -2.27. The molecule has 104 valence electrons. The molecule has 0 atom stereocenters. The van der Waals surface area contributed by atoms with Crippen LogP contribution in [0.25, 0.3) is 0 Å². The van der Waals surface area contributed by atoms with Crippen LogP contribution < -0.4 is 10.6 Å². The first-order chi connectivity index (χ1) is 8.89. The highest BCUT2D eigenvalue weighted by molar-refractivity contribution is 7.91. The second-order valence-electron chi connectivity index (χ2n) is 4.57. The van der Waals surface area contributed by atoms with E-state index in [1.807, 2.05) is 4.90 Å². The molecule has 1 aliphatic heterocycles. The zero-order chi connectivity index (χ0) is 14.0. The van der Waals surface area contributed by atoms with Gasteiger partial charge in [-0.2, -0.15) is 0 Å². The molecule has 0 amide bonds. The second kappa shape index (κ2) is 5.08. The van der Waals surface area contributed by atoms with Gasteiger partial charge in [0.05, 0.1) is 28.4 Å². The lowest BCUT2D eigenvalue weighted by Gasteiger charge is -2.24. The Morgan fingerprint density at radius 2 is 2.00 bits per heavy atom. The van der Waals surface area contributed by atoms with Crippen LogP contribution in [0.1, 0.15) is 16.8 Å². The maximum Gasteiger partial charge on any atom is 0.335 e. The van der Waals surface area contributed by atoms with Crippen molar-refractivity contribution in [3.8, 4) is 0 Å². The Bertz CT molecular complexity index is 598. The largest absolute Gasteiger partial charge is 0.478 e. The number of hydrogen-bond acceptors (Lipinski definition) is 5. The molecule has 6 nitrogen and oxygen atoms in total. The minimum atomic E-state index is -3.00. The van der Waals surface area contributed by atoms with Crippen molar-refractivity contribution in [2.24, 2.45) is 0 Å². The van der Waals surface area contributed by atoms with Crippen LogP contribution in [0.5, 0.6) is 0 Å². The number of hydrogen-bond donors (Lipinski definition) is 2. The molecule has 1 saturated heterocycles. The monoisotopic (exact) mass is 284 g/mol. The first-order valence-corrected chi connectivity index (χ1v) is 7.79. The van der Waals surface area contributed by atoms with Crippen LogP contribution in [0.15, 0.2) is 18.2 Å². The Labute approximate surface area is 111 Å². The van der Waals surface area contributed by atoms with Crippen LogP contribution in [0.2, 0.25) is 0 Å². The van der Waals surface area contributed by atoms with Gasteiger partial charge >= 0.3 is 5.97 Å². The Balaban J connectivity index is 2.30. The topological polar surface area (TPSA) is 101 Å². The minimum absolute atomic E-state index is 0.0732. The van der Waals surface area contributed by atoms with Gasteiger partial charge in [-0.25, -0.2) is 13.2 Å². The fourth-order valence-electron chi connectivity index (χ4n) is 2.13. The lowest BCUT2D eigenvalue weighted by molar-refractivity contribution is 0.0697. The van der Waals surface area contributed by atoms with Gasteiger partial charge in [-0.15, -0.1) is 0 Å². The zero-order valence-electron chi connectivity index (χ0n) is 10.4. The molecule has 1 aromatic rings. The van der Waals surface area contributed by atoms with Gasteiger partial charge in [0.25, 0.3) is 0 Å². The summed E-state index contributed by atoms with van der Waals surface area (Å²) in [5, 5.41) is 8.98. The van der Waals surface area contributed by atoms with E-state index in [0.717, 1.165) is 0 Å². The number of nitrogens with two attached hydrogens (primary N) is 1. The quantitative estimate of drug-likeness (QED) is 0.771. The number of nitrogens with zero attached hydrogens (tertiary/aromatic N) is 1. The van der Waals surface area contributed by atoms with E-state index in [0.29, 0.717) is 30.9 Å². The second-order valence-corrected chi connectivity index (χ2v) is 6.87. The van der Waals surface area contributed by atoms with E-state index in [9.17, 15) is 13.2 Å². The molecule has 19 heavy (non-hydrogen) atoms. The Morgan fingerprint density at radius 3 is 2.68 bits per heavy atom. The summed E-state index contributed by atoms with van der Waals surface area (Å²) in [7, 11) is -3.00. The maximum atomic E-state index is 11.6. The zero-order valence-corrected chi connectivity index (χ0v) is 11.2. The van der Waals surface area contributed by atoms with Gasteiger partial charge in [-0.05, 0) is 24.6 Å². The van der Waals surface area contributed by atoms with E-state index in [-0.39, 0.29) is 17.1 Å². The summed E-state index contributed by atoms with van der Waals surface area (Å²) >= 11 is 0. The van der Waals surface area contributed by atoms with Gasteiger partial charge in [0, 0.05) is 13.1 Å². The minimum Gasteiger partial charge on any atom is -0.478 e. The molecule has 1 heterocycles. The van der Waals surface area contributed by atoms with Crippen molar-refractivity contribution < 1.29 is 18.3 Å². The fourth-order valence-corrected chi connectivity index (χ4v) is 3.40. The molecule has 7 heteroatoms. The third-order valence-corrected chi connectivity index (χ3v) is 4.89. The highest BCUT2D eigenvalue weighted by Gasteiger charge is 2.21. The van der Waals surface area contributed by atoms with Crippen molar-refractivity contribution in [3.05, 3.63) is 23.8 Å². The maximum absolute atomic E-state index is 11.6. The van der Waals surface area contributed by atoms with E-state index in [1.54, 1.807) is 0 Å². The molecule has 1 fully saturated rings. The standard InChI is InChI=1S/C12H16N2O4S/c13-10-3-2-9(12(15)16)8-11(10)14-4-1-6-19(17,18)7-5-14/h2-3,8H,1,4-7,13H2,(H,15,16). The Hall–Kier alpha value is -1.76. The highest BCUT2D eigenvalue weighted by atomic mass is 32.2. The third kappa shape index (κ3) is 3.17. The molecule has 1 aromatic carbocycles. The Morgan fingerprint density at radius 1 is 1.26 bits per heavy atom. The van der Waals surface area contributed by atoms with Gasteiger partial charge in [0.15, 0.2) is 9.84 Å². The van der Waals surface area contributed by atoms with Crippen LogP contribution in [0, 0.1) is 0 Å². The van der Waals surface area contributed by atoms with E-state index in [1.165, 1.54) is 18.2 Å². The smallest absolute Gasteiger partial charge is 0.335 e. The number of rotatable bonds is 2. The molecule has 0 radical (unpaired) electrons. The predicted molar refractivity (Wildman–Crippen MR) is 73.3 cm³/mol. The summed E-state index contributed by atoms with van der Waals surface area (Å²) in [6.45, 7) is 0.905. The summed E-state index contributed by atoms with van der Waals surface area (Å²) in [5.41, 5.74) is 7.06. The molecule has 0 saturated carbocycles. The van der Waals surface area contributed by atoms with Gasteiger partial charge in [0.2, 0.25) is 0 Å². The highest BCUT2D eigenvalue weighted by Crippen LogP contribution is 2.26. The van der Waals surface area contributed by atoms with Crippen molar-refractivity contribution in [2.75, 3.05) is 35.2 Å². The average molecular weight is 284 g/mol. The van der Waals surface area contributed by atoms with Crippen LogP contribution in [-0.2, 0) is 9.84 Å². The summed E-state index contributed by atoms with van der Waals surface area (Å²) in [4.78, 5) is 12.8. The van der Waals surface area contributed by atoms with Gasteiger partial charge in [-0.1, -0.05) is 0 Å². The molecular formula is C12H16N2O4S. The first kappa shape index (κ1) is 13.7. The number of sulfone groups is 1. The molecule has 0 unspecified atom stereocenters. The van der Waals surface area contributed by atoms with Gasteiger partial charge < -0.3 is 15.7 Å². The fraction of sp³-hybridized carbons (Fsp3) is 0.417. The van der Waals surface area contributed by atoms with Gasteiger partial charge in [-0.3, -0.25) is 0 Å². The number of carboxylic acid groups (broad SMARTS) is 1. The molecule has 0 bridgehead atoms. The van der Waals surface area contributed by atoms with E-state index >= 15 is 0 Å². The molecule has 0 spiro atoms. The van der Waals surface area contributed by atoms with E-state index in [2.05, 4.69) is 0 Å². The van der Waals surface area contributed by atoms with E-state index < -0.39 is 15.8 Å². The lowest BCUT2D eigenvalue weighted by atomic mass is 10.1. The summed E-state index contributed by atoms with van der Waals surface area (Å²) < 4.78 is 23.1. The normalized spacial score (nSPS) is 18.8. The summed E-state index contributed by atoms with van der Waals surface area (Å²) in [6.07, 6.45) is 0.527. The molecular weight excluding hydrogens is 268 g/mol. The number of carbonyl (C=O) groups is 1. The molecule has 3 N–H and O–H groups in total. The van der Waals surface area contributed by atoms with Crippen molar-refractivity contribution in [1.29, 1.82) is 0 Å². The summed E-state index contributed by atoms with van der Waals surface area (Å²) in [5.74, 6) is -0.783. The van der Waals surface area contributed by atoms with Crippen LogP contribution >= 0.6 is 0 Å². The molecule has 2 rings (SSSR count). The van der Waals surface area contributed by atoms with E-state index in [4.69, 9.17) is 10.8 Å². The SMILES string of the molecule is Nc1ccc(C(=O)O)cc1N1CCCS(=O)(=O)CC1. The average Bonchev–Trinajstić information content (AvgIpc) is 2.51. The Kier molecular flexibility index (Phi) is 3.66. The van der Waals surface area contributed by atoms with Crippen LogP contribution in [0.4, 0.5) is 11.4 Å². The van der Waals surface area contributed by atoms with Crippen molar-refractivity contribution >= 4 is 27.2 Å². The van der Waals surface area contributed by atoms with Crippen LogP contribution in [0.3, 0.4) is 0 Å². The number of carboxylic acids is 1. The van der Waals surface area contributed by atoms with Crippen molar-refractivity contribution in [3.63, 3.8) is 0 Å². The molecule has 0 aliphatic carbocycles. The number of benzene rings is 1. The van der Waals surface area contributed by atoms with Crippen molar-refractivity contribution in [1.82, 2.24) is 0 Å². The first-order valence-electron chi connectivity index (χ1n) is 5.97. The molecule has 0 aromatic heterocycles. The van der Waals surface area contributed by atoms with Crippen molar-refractivity contribution in [2.45, 2.75) is 6.42 Å². The van der Waals surface area contributed by atoms with Crippen LogP contribution in [-0.4, -0.2) is 44.1 Å². The molecule has 1 aliphatic rings. The summed E-state index contributed by atoms with van der Waals surface area (Å²) in [6, 6.07) is 4.48.